The fourth-order valence-corrected chi connectivity index (χ4v) is 3.13. The number of aromatic nitrogens is 2. The van der Waals surface area contributed by atoms with Crippen molar-refractivity contribution < 1.29 is 14.3 Å². The Hall–Kier alpha value is -2.67. The Balaban J connectivity index is 2.04. The van der Waals surface area contributed by atoms with Crippen LogP contribution in [0.25, 0.3) is 20.8 Å². The maximum atomic E-state index is 13.4. The van der Waals surface area contributed by atoms with Crippen molar-refractivity contribution in [2.75, 3.05) is 0 Å². The zero-order valence-electron chi connectivity index (χ0n) is 11.8. The van der Waals surface area contributed by atoms with E-state index in [0.29, 0.717) is 27.2 Å². The van der Waals surface area contributed by atoms with Gasteiger partial charge in [0.1, 0.15) is 10.8 Å². The van der Waals surface area contributed by atoms with Crippen molar-refractivity contribution in [3.05, 3.63) is 58.3 Å². The molecule has 1 N–H and O–H groups in total. The number of fused-ring (bicyclic) bond motifs is 1. The third-order valence-corrected chi connectivity index (χ3v) is 4.31. The van der Waals surface area contributed by atoms with Crippen LogP contribution in [0.3, 0.4) is 0 Å². The van der Waals surface area contributed by atoms with Crippen LogP contribution in [-0.2, 0) is 11.2 Å². The first-order valence-electron chi connectivity index (χ1n) is 6.80. The number of nitrogens with zero attached hydrogens (tertiary/aromatic N) is 2. The smallest absolute Gasteiger partial charge is 0.303 e. The summed E-state index contributed by atoms with van der Waals surface area (Å²) in [7, 11) is 0. The summed E-state index contributed by atoms with van der Waals surface area (Å²) in [5.41, 5.74) is 0.825. The highest BCUT2D eigenvalue weighted by Crippen LogP contribution is 2.25. The molecule has 3 rings (SSSR count). The lowest BCUT2D eigenvalue weighted by Crippen LogP contribution is -2.06. The van der Waals surface area contributed by atoms with Crippen LogP contribution < -0.4 is 5.56 Å². The molecule has 0 aliphatic rings. The lowest BCUT2D eigenvalue weighted by Gasteiger charge is -2.04. The quantitative estimate of drug-likeness (QED) is 0.795. The van der Waals surface area contributed by atoms with Gasteiger partial charge in [-0.1, -0.05) is 0 Å². The topological polar surface area (TPSA) is 80.2 Å². The molecule has 5 nitrogen and oxygen atoms in total. The second-order valence-electron chi connectivity index (χ2n) is 4.91. The van der Waals surface area contributed by atoms with Gasteiger partial charge in [0.05, 0.1) is 11.1 Å². The Morgan fingerprint density at radius 3 is 2.87 bits per heavy atom. The van der Waals surface area contributed by atoms with Gasteiger partial charge in [-0.3, -0.25) is 14.6 Å². The van der Waals surface area contributed by atoms with E-state index in [4.69, 9.17) is 5.11 Å². The number of halogens is 1. The highest BCUT2D eigenvalue weighted by Gasteiger charge is 2.10. The Kier molecular flexibility index (Phi) is 4.12. The molecule has 7 heteroatoms. The lowest BCUT2D eigenvalue weighted by molar-refractivity contribution is -0.136. The molecule has 1 aromatic carbocycles. The summed E-state index contributed by atoms with van der Waals surface area (Å²) in [6, 6.07) is 7.35. The maximum Gasteiger partial charge on any atom is 0.303 e. The maximum absolute atomic E-state index is 13.4. The number of carboxylic acid groups (broad SMARTS) is 1. The van der Waals surface area contributed by atoms with E-state index in [0.717, 1.165) is 5.56 Å². The van der Waals surface area contributed by atoms with Gasteiger partial charge in [-0.15, -0.1) is 11.3 Å². The van der Waals surface area contributed by atoms with E-state index >= 15 is 0 Å². The Morgan fingerprint density at radius 1 is 1.26 bits per heavy atom. The molecular formula is C16H11FN2O3S. The molecule has 116 valence electrons. The van der Waals surface area contributed by atoms with Crippen LogP contribution in [0.5, 0.6) is 0 Å². The summed E-state index contributed by atoms with van der Waals surface area (Å²) in [6.07, 6.45) is 1.92. The molecule has 0 bridgehead atoms. The van der Waals surface area contributed by atoms with Gasteiger partial charge in [0, 0.05) is 17.3 Å². The van der Waals surface area contributed by atoms with Gasteiger partial charge in [0.25, 0.3) is 5.56 Å². The van der Waals surface area contributed by atoms with Crippen LogP contribution in [0.15, 0.2) is 41.3 Å². The van der Waals surface area contributed by atoms with Gasteiger partial charge in [0.15, 0.2) is 0 Å². The van der Waals surface area contributed by atoms with Crippen LogP contribution in [0.2, 0.25) is 0 Å². The molecule has 0 aliphatic heterocycles. The van der Waals surface area contributed by atoms with Gasteiger partial charge in [-0.2, -0.15) is 4.98 Å². The predicted molar refractivity (Wildman–Crippen MR) is 85.0 cm³/mol. The van der Waals surface area contributed by atoms with Crippen molar-refractivity contribution >= 4 is 27.4 Å². The number of carboxylic acids is 1. The predicted octanol–water partition coefficient (Wildman–Crippen LogP) is 2.87. The summed E-state index contributed by atoms with van der Waals surface area (Å²) in [5, 5.41) is 9.48. The first-order chi connectivity index (χ1) is 11.0. The van der Waals surface area contributed by atoms with Gasteiger partial charge in [0.2, 0.25) is 0 Å². The van der Waals surface area contributed by atoms with Crippen LogP contribution in [0.1, 0.15) is 12.0 Å². The van der Waals surface area contributed by atoms with Crippen LogP contribution >= 0.6 is 11.3 Å². The zero-order valence-corrected chi connectivity index (χ0v) is 12.6. The molecule has 0 fully saturated rings. The van der Waals surface area contributed by atoms with Crippen molar-refractivity contribution in [1.82, 2.24) is 9.97 Å². The van der Waals surface area contributed by atoms with Crippen molar-refractivity contribution in [2.24, 2.45) is 0 Å². The Morgan fingerprint density at radius 2 is 2.09 bits per heavy atom. The fraction of sp³-hybridized carbons (Fsp3) is 0.125. The van der Waals surface area contributed by atoms with E-state index in [9.17, 15) is 14.0 Å². The molecule has 0 radical (unpaired) electrons. The standard InChI is InChI=1S/C16H11FN2O3S/c17-10-2-3-11-13(8-10)23-16(19-15(11)22)12-7-9(5-6-18-12)1-4-14(20)21/h2-3,5-8H,1,4H2,(H,20,21). The molecule has 3 aromatic rings. The fourth-order valence-electron chi connectivity index (χ4n) is 2.14. The summed E-state index contributed by atoms with van der Waals surface area (Å²) >= 11 is 1.17. The van der Waals surface area contributed by atoms with Crippen molar-refractivity contribution in [2.45, 2.75) is 12.8 Å². The summed E-state index contributed by atoms with van der Waals surface area (Å²) in [4.78, 5) is 30.9. The summed E-state index contributed by atoms with van der Waals surface area (Å²) in [5.74, 6) is -1.30. The van der Waals surface area contributed by atoms with E-state index in [2.05, 4.69) is 9.97 Å². The highest BCUT2D eigenvalue weighted by atomic mass is 32.1. The number of pyridine rings is 1. The number of aryl methyl sites for hydroxylation is 1. The Bertz CT molecular complexity index is 955. The zero-order chi connectivity index (χ0) is 16.4. The Labute approximate surface area is 134 Å². The van der Waals surface area contributed by atoms with E-state index in [1.54, 1.807) is 18.3 Å². The third-order valence-electron chi connectivity index (χ3n) is 3.25. The minimum atomic E-state index is -0.882. The molecule has 2 heterocycles. The van der Waals surface area contributed by atoms with Gasteiger partial charge in [-0.05, 0) is 42.3 Å². The molecule has 0 saturated carbocycles. The molecule has 0 aliphatic carbocycles. The summed E-state index contributed by atoms with van der Waals surface area (Å²) < 4.78 is 13.9. The molecule has 0 unspecified atom stereocenters. The molecule has 0 atom stereocenters. The molecule has 2 aromatic heterocycles. The minimum absolute atomic E-state index is 0.00997. The minimum Gasteiger partial charge on any atom is -0.481 e. The van der Waals surface area contributed by atoms with Crippen LogP contribution in [-0.4, -0.2) is 21.0 Å². The van der Waals surface area contributed by atoms with E-state index in [-0.39, 0.29) is 6.42 Å². The number of rotatable bonds is 4. The molecule has 0 saturated heterocycles. The van der Waals surface area contributed by atoms with E-state index in [1.807, 2.05) is 0 Å². The third kappa shape index (κ3) is 3.40. The largest absolute Gasteiger partial charge is 0.481 e. The second kappa shape index (κ2) is 6.21. The van der Waals surface area contributed by atoms with Crippen molar-refractivity contribution in [3.63, 3.8) is 0 Å². The number of hydrogen-bond acceptors (Lipinski definition) is 5. The molecule has 23 heavy (non-hydrogen) atoms. The van der Waals surface area contributed by atoms with Gasteiger partial charge < -0.3 is 5.11 Å². The number of aliphatic carboxylic acids is 1. The van der Waals surface area contributed by atoms with Gasteiger partial charge >= 0.3 is 5.97 Å². The lowest BCUT2D eigenvalue weighted by atomic mass is 10.1. The van der Waals surface area contributed by atoms with Crippen LogP contribution in [0, 0.1) is 5.82 Å². The highest BCUT2D eigenvalue weighted by molar-refractivity contribution is 7.21. The second-order valence-corrected chi connectivity index (χ2v) is 5.94. The first-order valence-corrected chi connectivity index (χ1v) is 7.62. The number of carbonyl (C=O) groups is 1. The monoisotopic (exact) mass is 330 g/mol. The number of benzene rings is 1. The average molecular weight is 330 g/mol. The molecular weight excluding hydrogens is 319 g/mol. The summed E-state index contributed by atoms with van der Waals surface area (Å²) in [6.45, 7) is 0. The van der Waals surface area contributed by atoms with E-state index in [1.165, 1.54) is 29.5 Å². The first kappa shape index (κ1) is 15.2. The molecule has 0 spiro atoms. The van der Waals surface area contributed by atoms with E-state index < -0.39 is 17.3 Å². The average Bonchev–Trinajstić information content (AvgIpc) is 2.52. The van der Waals surface area contributed by atoms with Crippen molar-refractivity contribution in [3.8, 4) is 10.7 Å². The molecule has 0 amide bonds. The van der Waals surface area contributed by atoms with Crippen molar-refractivity contribution in [1.29, 1.82) is 0 Å². The SMILES string of the molecule is O=C(O)CCc1ccnc(-c2nc(=O)c3ccc(F)cc3s2)c1. The van der Waals surface area contributed by atoms with Crippen LogP contribution in [0.4, 0.5) is 4.39 Å². The normalized spacial score (nSPS) is 10.8. The number of hydrogen-bond donors (Lipinski definition) is 1. The van der Waals surface area contributed by atoms with Gasteiger partial charge in [-0.25, -0.2) is 4.39 Å².